The molecule has 6 nitrogen and oxygen atoms in total. The number of carbonyl (C=O) groups excluding carboxylic acids is 3. The first-order chi connectivity index (χ1) is 13.0. The Morgan fingerprint density at radius 2 is 1.70 bits per heavy atom. The molecule has 0 radical (unpaired) electrons. The highest BCUT2D eigenvalue weighted by molar-refractivity contribution is 7.14. The number of carbonyl (C=O) groups is 3. The zero-order valence-electron chi connectivity index (χ0n) is 15.3. The third-order valence-corrected chi connectivity index (χ3v) is 5.74. The molecule has 3 amide bonds. The van der Waals surface area contributed by atoms with Crippen LogP contribution < -0.4 is 16.2 Å². The van der Waals surface area contributed by atoms with Crippen LogP contribution in [0, 0.1) is 6.92 Å². The summed E-state index contributed by atoms with van der Waals surface area (Å²) in [6, 6.07) is 8.98. The molecule has 0 saturated carbocycles. The molecular formula is C20H23N3O3S. The Bertz CT molecular complexity index is 819. The summed E-state index contributed by atoms with van der Waals surface area (Å²) in [5.74, 6) is -1.15. The number of hydrogen-bond acceptors (Lipinski definition) is 4. The van der Waals surface area contributed by atoms with E-state index in [-0.39, 0.29) is 18.4 Å². The first kappa shape index (κ1) is 19.1. The van der Waals surface area contributed by atoms with Gasteiger partial charge in [-0.15, -0.1) is 11.3 Å². The molecule has 0 bridgehead atoms. The number of hydrogen-bond donors (Lipinski definition) is 3. The lowest BCUT2D eigenvalue weighted by Crippen LogP contribution is -2.46. The Labute approximate surface area is 162 Å². The molecule has 1 aliphatic carbocycles. The highest BCUT2D eigenvalue weighted by atomic mass is 32.1. The van der Waals surface area contributed by atoms with Crippen molar-refractivity contribution >= 4 is 29.1 Å². The maximum atomic E-state index is 12.2. The summed E-state index contributed by atoms with van der Waals surface area (Å²) in [7, 11) is 0. The van der Waals surface area contributed by atoms with Crippen LogP contribution in [-0.4, -0.2) is 24.3 Å². The number of amides is 3. The average Bonchev–Trinajstić information content (AvgIpc) is 2.95. The van der Waals surface area contributed by atoms with Gasteiger partial charge >= 0.3 is 0 Å². The second-order valence-corrected chi connectivity index (χ2v) is 7.81. The lowest BCUT2D eigenvalue weighted by molar-refractivity contribution is -0.120. The van der Waals surface area contributed by atoms with Crippen molar-refractivity contribution < 1.29 is 14.4 Å². The maximum absolute atomic E-state index is 12.2. The van der Waals surface area contributed by atoms with Gasteiger partial charge in [0.25, 0.3) is 17.7 Å². The number of nitrogens with one attached hydrogen (secondary N) is 3. The maximum Gasteiger partial charge on any atom is 0.279 e. The van der Waals surface area contributed by atoms with E-state index < -0.39 is 5.91 Å². The van der Waals surface area contributed by atoms with Crippen LogP contribution in [0.15, 0.2) is 30.3 Å². The van der Waals surface area contributed by atoms with Gasteiger partial charge in [-0.25, -0.2) is 0 Å². The van der Waals surface area contributed by atoms with Gasteiger partial charge < -0.3 is 5.32 Å². The number of benzene rings is 1. The average molecular weight is 385 g/mol. The van der Waals surface area contributed by atoms with E-state index in [1.165, 1.54) is 28.2 Å². The molecule has 142 valence electrons. The Hall–Kier alpha value is -2.67. The quantitative estimate of drug-likeness (QED) is 0.558. The van der Waals surface area contributed by atoms with Crippen LogP contribution in [0.1, 0.15) is 55.3 Å². The van der Waals surface area contributed by atoms with Crippen LogP contribution in [-0.2, 0) is 17.6 Å². The first-order valence-corrected chi connectivity index (χ1v) is 9.90. The highest BCUT2D eigenvalue weighted by Gasteiger charge is 2.17. The largest absolute Gasteiger partial charge is 0.343 e. The SMILES string of the molecule is Cc1ccc(C(=O)NCC(=O)NNC(=O)c2cc3c(s2)CCCCC3)cc1. The number of thiophene rings is 1. The van der Waals surface area contributed by atoms with Crippen molar-refractivity contribution in [3.8, 4) is 0 Å². The summed E-state index contributed by atoms with van der Waals surface area (Å²) in [6.45, 7) is 1.72. The fourth-order valence-electron chi connectivity index (χ4n) is 2.98. The second kappa shape index (κ2) is 8.81. The predicted molar refractivity (Wildman–Crippen MR) is 105 cm³/mol. The van der Waals surface area contributed by atoms with E-state index >= 15 is 0 Å². The van der Waals surface area contributed by atoms with Gasteiger partial charge in [0, 0.05) is 10.4 Å². The van der Waals surface area contributed by atoms with E-state index in [4.69, 9.17) is 0 Å². The molecule has 0 unspecified atom stereocenters. The van der Waals surface area contributed by atoms with Gasteiger partial charge in [0.1, 0.15) is 0 Å². The van der Waals surface area contributed by atoms with Gasteiger partial charge in [-0.3, -0.25) is 25.2 Å². The van der Waals surface area contributed by atoms with Crippen molar-refractivity contribution in [2.45, 2.75) is 39.0 Å². The normalized spacial score (nSPS) is 13.2. The van der Waals surface area contributed by atoms with Crippen molar-refractivity contribution in [2.24, 2.45) is 0 Å². The molecule has 0 fully saturated rings. The van der Waals surface area contributed by atoms with Gasteiger partial charge in [0.2, 0.25) is 0 Å². The minimum Gasteiger partial charge on any atom is -0.343 e. The van der Waals surface area contributed by atoms with Gasteiger partial charge in [0.05, 0.1) is 11.4 Å². The summed E-state index contributed by atoms with van der Waals surface area (Å²) in [4.78, 5) is 38.0. The van der Waals surface area contributed by atoms with E-state index in [0.29, 0.717) is 10.4 Å². The molecule has 1 aromatic carbocycles. The summed E-state index contributed by atoms with van der Waals surface area (Å²) in [5.41, 5.74) is 7.54. The highest BCUT2D eigenvalue weighted by Crippen LogP contribution is 2.28. The minimum atomic E-state index is -0.484. The Morgan fingerprint density at radius 1 is 0.963 bits per heavy atom. The Balaban J connectivity index is 1.45. The minimum absolute atomic E-state index is 0.214. The number of aryl methyl sites for hydroxylation is 3. The zero-order valence-corrected chi connectivity index (χ0v) is 16.1. The van der Waals surface area contributed by atoms with Crippen LogP contribution in [0.4, 0.5) is 0 Å². The summed E-state index contributed by atoms with van der Waals surface area (Å²) in [6.07, 6.45) is 5.57. The van der Waals surface area contributed by atoms with Crippen LogP contribution in [0.3, 0.4) is 0 Å². The van der Waals surface area contributed by atoms with Crippen molar-refractivity contribution in [3.05, 3.63) is 56.8 Å². The lowest BCUT2D eigenvalue weighted by atomic mass is 10.1. The van der Waals surface area contributed by atoms with E-state index in [2.05, 4.69) is 16.2 Å². The molecule has 27 heavy (non-hydrogen) atoms. The van der Waals surface area contributed by atoms with E-state index in [1.54, 1.807) is 12.1 Å². The lowest BCUT2D eigenvalue weighted by Gasteiger charge is -2.08. The standard InChI is InChI=1S/C20H23N3O3S/c1-13-7-9-14(10-8-13)19(25)21-12-18(24)22-23-20(26)17-11-15-5-3-2-4-6-16(15)27-17/h7-11H,2-6,12H2,1H3,(H,21,25)(H,22,24)(H,23,26). The van der Waals surface area contributed by atoms with Gasteiger partial charge in [-0.05, 0) is 56.4 Å². The molecule has 7 heteroatoms. The Kier molecular flexibility index (Phi) is 6.24. The molecule has 0 spiro atoms. The van der Waals surface area contributed by atoms with Gasteiger partial charge in [-0.1, -0.05) is 24.1 Å². The molecular weight excluding hydrogens is 362 g/mol. The fraction of sp³-hybridized carbons (Fsp3) is 0.350. The smallest absolute Gasteiger partial charge is 0.279 e. The second-order valence-electron chi connectivity index (χ2n) is 6.67. The summed E-state index contributed by atoms with van der Waals surface area (Å²) in [5, 5.41) is 2.53. The summed E-state index contributed by atoms with van der Waals surface area (Å²) >= 11 is 1.49. The first-order valence-electron chi connectivity index (χ1n) is 9.08. The Morgan fingerprint density at radius 3 is 2.48 bits per heavy atom. The molecule has 0 saturated heterocycles. The third kappa shape index (κ3) is 5.17. The topological polar surface area (TPSA) is 87.3 Å². The molecule has 1 aliphatic rings. The molecule has 1 heterocycles. The summed E-state index contributed by atoms with van der Waals surface area (Å²) < 4.78 is 0. The molecule has 1 aromatic heterocycles. The van der Waals surface area contributed by atoms with Crippen molar-refractivity contribution in [3.63, 3.8) is 0 Å². The number of rotatable bonds is 4. The van der Waals surface area contributed by atoms with Crippen LogP contribution in [0.2, 0.25) is 0 Å². The zero-order chi connectivity index (χ0) is 19.2. The number of fused-ring (bicyclic) bond motifs is 1. The van der Waals surface area contributed by atoms with Crippen LogP contribution >= 0.6 is 11.3 Å². The molecule has 2 aromatic rings. The monoisotopic (exact) mass is 385 g/mol. The molecule has 0 aliphatic heterocycles. The van der Waals surface area contributed by atoms with Gasteiger partial charge in [-0.2, -0.15) is 0 Å². The van der Waals surface area contributed by atoms with E-state index in [1.807, 2.05) is 25.1 Å². The van der Waals surface area contributed by atoms with Crippen molar-refractivity contribution in [2.75, 3.05) is 6.54 Å². The van der Waals surface area contributed by atoms with E-state index in [9.17, 15) is 14.4 Å². The third-order valence-electron chi connectivity index (χ3n) is 4.51. The van der Waals surface area contributed by atoms with Crippen LogP contribution in [0.5, 0.6) is 0 Å². The van der Waals surface area contributed by atoms with Crippen molar-refractivity contribution in [1.29, 1.82) is 0 Å². The molecule has 3 rings (SSSR count). The number of hydrazine groups is 1. The molecule has 0 atom stereocenters. The fourth-order valence-corrected chi connectivity index (χ4v) is 4.13. The molecule has 3 N–H and O–H groups in total. The van der Waals surface area contributed by atoms with Crippen molar-refractivity contribution in [1.82, 2.24) is 16.2 Å². The van der Waals surface area contributed by atoms with Crippen LogP contribution in [0.25, 0.3) is 0 Å². The predicted octanol–water partition coefficient (Wildman–Crippen LogP) is 2.52. The van der Waals surface area contributed by atoms with E-state index in [0.717, 1.165) is 31.2 Å². The van der Waals surface area contributed by atoms with Gasteiger partial charge in [0.15, 0.2) is 0 Å².